The first kappa shape index (κ1) is 43.3. The van der Waals surface area contributed by atoms with E-state index in [1.807, 2.05) is 64.1 Å². The Hall–Kier alpha value is -4.10. The monoisotopic (exact) mass is 738 g/mol. The van der Waals surface area contributed by atoms with Gasteiger partial charge in [-0.15, -0.1) is 0 Å². The number of carbonyl (C=O) groups is 4. The number of esters is 1. The molecule has 2 N–H and O–H groups in total. The number of carbonyl (C=O) groups excluding carboxylic acids is 4. The molecule has 3 rings (SSSR count). The van der Waals surface area contributed by atoms with Gasteiger partial charge in [0, 0.05) is 45.6 Å². The second-order valence-corrected chi connectivity index (χ2v) is 14.7. The number of methoxy groups -OCH3 is 3. The van der Waals surface area contributed by atoms with Gasteiger partial charge in [0.2, 0.25) is 23.7 Å². The predicted molar refractivity (Wildman–Crippen MR) is 204 cm³/mol. The highest BCUT2D eigenvalue weighted by molar-refractivity contribution is 5.87. The van der Waals surface area contributed by atoms with Crippen molar-refractivity contribution < 1.29 is 33.4 Å². The lowest BCUT2D eigenvalue weighted by Crippen LogP contribution is -2.56. The summed E-state index contributed by atoms with van der Waals surface area (Å²) < 4.78 is 17.0. The first-order valence-corrected chi connectivity index (χ1v) is 18.8. The van der Waals surface area contributed by atoms with E-state index in [-0.39, 0.29) is 48.4 Å². The zero-order valence-corrected chi connectivity index (χ0v) is 33.5. The van der Waals surface area contributed by atoms with E-state index in [4.69, 9.17) is 14.2 Å². The molecule has 1 aliphatic rings. The van der Waals surface area contributed by atoms with Gasteiger partial charge in [0.05, 0.1) is 43.7 Å². The number of rotatable bonds is 19. The number of nitrogens with zero attached hydrogens (tertiary/aromatic N) is 4. The lowest BCUT2D eigenvalue weighted by atomic mass is 9.89. The summed E-state index contributed by atoms with van der Waals surface area (Å²) in [7, 11) is 6.18. The van der Waals surface area contributed by atoms with Gasteiger partial charge in [-0.05, 0) is 50.2 Å². The summed E-state index contributed by atoms with van der Waals surface area (Å²) in [5.74, 6) is -1.54. The van der Waals surface area contributed by atoms with Crippen LogP contribution >= 0.6 is 0 Å². The Morgan fingerprint density at radius 2 is 1.62 bits per heavy atom. The maximum Gasteiger partial charge on any atom is 0.328 e. The number of aryl methyl sites for hydroxylation is 2. The molecule has 8 atom stereocenters. The molecule has 0 radical (unpaired) electrons. The van der Waals surface area contributed by atoms with Gasteiger partial charge in [-0.1, -0.05) is 71.4 Å². The zero-order chi connectivity index (χ0) is 39.4. The maximum atomic E-state index is 14.2. The average molecular weight is 739 g/mol. The predicted octanol–water partition coefficient (Wildman–Crippen LogP) is 4.35. The Kier molecular flexibility index (Phi) is 16.7. The second kappa shape index (κ2) is 20.4. The fraction of sp³-hybridized carbons (Fsp3) is 0.650. The summed E-state index contributed by atoms with van der Waals surface area (Å²) in [4.78, 5) is 67.2. The Bertz CT molecular complexity index is 1490. The number of hydrogen-bond acceptors (Lipinski definition) is 10. The average Bonchev–Trinajstić information content (AvgIpc) is 3.62. The highest BCUT2D eigenvalue weighted by Gasteiger charge is 2.43. The lowest BCUT2D eigenvalue weighted by molar-refractivity contribution is -0.148. The summed E-state index contributed by atoms with van der Waals surface area (Å²) in [6.07, 6.45) is 1.25. The largest absolute Gasteiger partial charge is 0.467 e. The topological polar surface area (TPSA) is 152 Å². The van der Waals surface area contributed by atoms with Crippen LogP contribution in [-0.2, 0) is 39.8 Å². The molecule has 13 heteroatoms. The van der Waals surface area contributed by atoms with Gasteiger partial charge in [-0.2, -0.15) is 0 Å². The van der Waals surface area contributed by atoms with Crippen molar-refractivity contribution in [2.24, 2.45) is 17.8 Å². The molecule has 1 saturated heterocycles. The fourth-order valence-electron chi connectivity index (χ4n) is 7.46. The molecule has 0 spiro atoms. The van der Waals surface area contributed by atoms with Crippen molar-refractivity contribution in [1.29, 1.82) is 0 Å². The van der Waals surface area contributed by atoms with E-state index < -0.39 is 42.2 Å². The summed E-state index contributed by atoms with van der Waals surface area (Å²) in [5, 5.41) is 6.14. The molecule has 2 aromatic rings. The van der Waals surface area contributed by atoms with Crippen LogP contribution in [0, 0.1) is 31.6 Å². The van der Waals surface area contributed by atoms with E-state index >= 15 is 0 Å². The van der Waals surface area contributed by atoms with E-state index in [2.05, 4.69) is 34.4 Å². The van der Waals surface area contributed by atoms with Crippen LogP contribution in [0.5, 0.6) is 0 Å². The number of anilines is 1. The van der Waals surface area contributed by atoms with Gasteiger partial charge in [0.25, 0.3) is 0 Å². The normalized spacial score (nSPS) is 18.3. The van der Waals surface area contributed by atoms with Gasteiger partial charge in [0.1, 0.15) is 12.1 Å². The third-order valence-corrected chi connectivity index (χ3v) is 10.5. The number of hydrogen-bond donors (Lipinski definition) is 2. The molecule has 3 amide bonds. The molecule has 53 heavy (non-hydrogen) atoms. The number of aromatic nitrogens is 2. The van der Waals surface area contributed by atoms with Crippen molar-refractivity contribution in [3.8, 4) is 0 Å². The number of likely N-dealkylation sites (tertiary alicyclic amines) is 1. The minimum Gasteiger partial charge on any atom is -0.467 e. The molecule has 294 valence electrons. The van der Waals surface area contributed by atoms with Gasteiger partial charge >= 0.3 is 5.97 Å². The molecule has 0 unspecified atom stereocenters. The number of benzene rings is 1. The minimum atomic E-state index is -0.880. The van der Waals surface area contributed by atoms with Gasteiger partial charge in [-0.3, -0.25) is 14.4 Å². The fourth-order valence-corrected chi connectivity index (χ4v) is 7.46. The van der Waals surface area contributed by atoms with Crippen LogP contribution in [0.3, 0.4) is 0 Å². The molecule has 1 aromatic carbocycles. The van der Waals surface area contributed by atoms with Crippen molar-refractivity contribution in [1.82, 2.24) is 25.1 Å². The van der Waals surface area contributed by atoms with Crippen LogP contribution < -0.4 is 10.6 Å². The molecule has 2 heterocycles. The van der Waals surface area contributed by atoms with Crippen molar-refractivity contribution in [3.05, 3.63) is 53.3 Å². The van der Waals surface area contributed by atoms with E-state index in [0.29, 0.717) is 18.9 Å². The summed E-state index contributed by atoms with van der Waals surface area (Å²) >= 11 is 0. The van der Waals surface area contributed by atoms with E-state index in [1.54, 1.807) is 30.9 Å². The van der Waals surface area contributed by atoms with Crippen LogP contribution in [0.15, 0.2) is 36.4 Å². The molecule has 13 nitrogen and oxygen atoms in total. The van der Waals surface area contributed by atoms with E-state index in [9.17, 15) is 19.2 Å². The number of likely N-dealkylation sites (N-methyl/N-ethyl adjacent to an activating group) is 1. The summed E-state index contributed by atoms with van der Waals surface area (Å²) in [5.41, 5.74) is 2.49. The molecule has 1 fully saturated rings. The maximum absolute atomic E-state index is 14.2. The molecule has 1 aromatic heterocycles. The number of amides is 3. The lowest BCUT2D eigenvalue weighted by Gasteiger charge is -2.40. The summed E-state index contributed by atoms with van der Waals surface area (Å²) in [6, 6.07) is 9.02. The molecule has 1 aliphatic heterocycles. The molecule has 0 saturated carbocycles. The van der Waals surface area contributed by atoms with Crippen LogP contribution in [-0.4, -0.2) is 115 Å². The molecule has 0 bridgehead atoms. The number of ether oxygens (including phenoxy) is 3. The van der Waals surface area contributed by atoms with E-state index in [0.717, 1.165) is 29.8 Å². The van der Waals surface area contributed by atoms with Gasteiger partial charge in [-0.25, -0.2) is 14.8 Å². The Labute approximate surface area is 315 Å². The summed E-state index contributed by atoms with van der Waals surface area (Å²) in [6.45, 7) is 14.1. The highest BCUT2D eigenvalue weighted by atomic mass is 16.5. The van der Waals surface area contributed by atoms with Crippen molar-refractivity contribution >= 4 is 29.6 Å². The third-order valence-electron chi connectivity index (χ3n) is 10.5. The Balaban J connectivity index is 1.79. The highest BCUT2D eigenvalue weighted by Crippen LogP contribution is 2.30. The van der Waals surface area contributed by atoms with Crippen molar-refractivity contribution in [2.75, 3.05) is 40.2 Å². The third kappa shape index (κ3) is 11.4. The molecular formula is C40H62N6O7. The smallest absolute Gasteiger partial charge is 0.328 e. The zero-order valence-electron chi connectivity index (χ0n) is 33.5. The Morgan fingerprint density at radius 1 is 0.981 bits per heavy atom. The van der Waals surface area contributed by atoms with Crippen molar-refractivity contribution in [3.63, 3.8) is 0 Å². The van der Waals surface area contributed by atoms with Crippen molar-refractivity contribution in [2.45, 2.75) is 117 Å². The first-order chi connectivity index (χ1) is 25.2. The second-order valence-electron chi connectivity index (χ2n) is 14.7. The quantitative estimate of drug-likeness (QED) is 0.199. The first-order valence-electron chi connectivity index (χ1n) is 18.8. The van der Waals surface area contributed by atoms with Crippen LogP contribution in [0.2, 0.25) is 0 Å². The van der Waals surface area contributed by atoms with Gasteiger partial charge in [0.15, 0.2) is 0 Å². The number of nitrogens with one attached hydrogen (secondary N) is 2. The molecular weight excluding hydrogens is 676 g/mol. The standard InChI is InChI=1S/C40H62N6O7/c1-12-25(4)35(45(8)38(49)34(24(2)3)44-40-41-26(5)21-27(6)42-40)32(51-9)23-33(47)46-20-16-19-31(46)36(52-10)28(7)37(48)43-30(39(50)53-11)22-29-17-14-13-15-18-29/h13-15,17-18,21,24-25,28,30-32,34-36H,12,16,19-20,22-23H2,1-11H3,(H,43,48)(H,41,42,44)/t25-,28+,30-,31-,32+,34-,35-,36+/m0/s1. The van der Waals surface area contributed by atoms with Crippen LogP contribution in [0.4, 0.5) is 5.95 Å². The van der Waals surface area contributed by atoms with Gasteiger partial charge < -0.3 is 34.6 Å². The Morgan fingerprint density at radius 3 is 2.17 bits per heavy atom. The van der Waals surface area contributed by atoms with Crippen LogP contribution in [0.25, 0.3) is 0 Å². The molecule has 0 aliphatic carbocycles. The van der Waals surface area contributed by atoms with E-state index in [1.165, 1.54) is 14.2 Å². The SMILES string of the molecule is CC[C@H](C)[C@@H]([C@@H](CC(=O)N1CCC[C@H]1[C@H](OC)[C@@H](C)C(=O)N[C@@H](Cc1ccccc1)C(=O)OC)OC)N(C)C(=O)[C@@H](Nc1nc(C)cc(C)n1)C(C)C. The van der Waals surface area contributed by atoms with Crippen LogP contribution in [0.1, 0.15) is 77.3 Å². The minimum absolute atomic E-state index is 0.00966.